The minimum atomic E-state index is -0.140. The van der Waals surface area contributed by atoms with Crippen molar-refractivity contribution >= 4 is 16.6 Å². The summed E-state index contributed by atoms with van der Waals surface area (Å²) in [6.45, 7) is 9.81. The SMILES string of the molecule is COC(C)(C)CCOC1CCN(c2cccc(OCc3nc4ccccc4c(OCc4ccccc4)c3C)c2)CC1. The summed E-state index contributed by atoms with van der Waals surface area (Å²) in [4.78, 5) is 7.35. The van der Waals surface area contributed by atoms with E-state index in [0.717, 1.165) is 78.2 Å². The van der Waals surface area contributed by atoms with Gasteiger partial charge in [-0.05, 0) is 69.9 Å². The average molecular weight is 555 g/mol. The van der Waals surface area contributed by atoms with E-state index in [1.54, 1.807) is 7.11 Å². The van der Waals surface area contributed by atoms with Crippen LogP contribution in [0.5, 0.6) is 11.5 Å². The van der Waals surface area contributed by atoms with Crippen LogP contribution in [0.2, 0.25) is 0 Å². The standard InChI is InChI=1S/C35H42N2O4/c1-26-33(36-32-16-9-8-15-31(32)34(26)41-24-27-11-6-5-7-12-27)25-40-30-14-10-13-28(23-30)37-20-17-29(18-21-37)39-22-19-35(2,3)38-4/h5-16,23,29H,17-22,24-25H2,1-4H3. The van der Waals surface area contributed by atoms with Gasteiger partial charge in [-0.25, -0.2) is 4.98 Å². The lowest BCUT2D eigenvalue weighted by atomic mass is 10.0. The van der Waals surface area contributed by atoms with Crippen molar-refractivity contribution in [2.24, 2.45) is 0 Å². The molecular weight excluding hydrogens is 512 g/mol. The molecule has 0 amide bonds. The van der Waals surface area contributed by atoms with E-state index >= 15 is 0 Å². The molecule has 1 aliphatic rings. The molecule has 0 aliphatic carbocycles. The van der Waals surface area contributed by atoms with Gasteiger partial charge < -0.3 is 23.8 Å². The first-order valence-corrected chi connectivity index (χ1v) is 14.6. The fraction of sp³-hybridized carbons (Fsp3) is 0.400. The van der Waals surface area contributed by atoms with Crippen molar-refractivity contribution in [3.8, 4) is 11.5 Å². The number of piperidine rings is 1. The Bertz CT molecular complexity index is 1410. The van der Waals surface area contributed by atoms with Crippen LogP contribution in [0.1, 0.15) is 49.9 Å². The highest BCUT2D eigenvalue weighted by atomic mass is 16.5. The first kappa shape index (κ1) is 28.9. The van der Waals surface area contributed by atoms with Crippen LogP contribution in [0.15, 0.2) is 78.9 Å². The minimum Gasteiger partial charge on any atom is -0.488 e. The second-order valence-corrected chi connectivity index (χ2v) is 11.4. The number of fused-ring (bicyclic) bond motifs is 1. The number of benzene rings is 3. The lowest BCUT2D eigenvalue weighted by Gasteiger charge is -2.34. The van der Waals surface area contributed by atoms with E-state index in [0.29, 0.717) is 19.3 Å². The van der Waals surface area contributed by atoms with Crippen molar-refractivity contribution < 1.29 is 18.9 Å². The van der Waals surface area contributed by atoms with E-state index < -0.39 is 0 Å². The zero-order valence-corrected chi connectivity index (χ0v) is 24.8. The van der Waals surface area contributed by atoms with Crippen LogP contribution < -0.4 is 14.4 Å². The third-order valence-electron chi connectivity index (χ3n) is 8.01. The van der Waals surface area contributed by atoms with Gasteiger partial charge in [0.15, 0.2) is 0 Å². The number of methoxy groups -OCH3 is 1. The quantitative estimate of drug-likeness (QED) is 0.181. The minimum absolute atomic E-state index is 0.140. The van der Waals surface area contributed by atoms with Gasteiger partial charge in [-0.1, -0.05) is 48.5 Å². The first-order valence-electron chi connectivity index (χ1n) is 14.6. The third-order valence-corrected chi connectivity index (χ3v) is 8.01. The zero-order valence-electron chi connectivity index (χ0n) is 24.8. The lowest BCUT2D eigenvalue weighted by Crippen LogP contribution is -2.37. The highest BCUT2D eigenvalue weighted by Gasteiger charge is 2.22. The molecule has 3 aromatic carbocycles. The molecule has 1 fully saturated rings. The Morgan fingerprint density at radius 3 is 2.41 bits per heavy atom. The molecule has 0 saturated carbocycles. The number of rotatable bonds is 12. The highest BCUT2D eigenvalue weighted by Crippen LogP contribution is 2.32. The van der Waals surface area contributed by atoms with Crippen LogP contribution in [-0.2, 0) is 22.7 Å². The fourth-order valence-corrected chi connectivity index (χ4v) is 5.16. The largest absolute Gasteiger partial charge is 0.488 e. The predicted octanol–water partition coefficient (Wildman–Crippen LogP) is 7.50. The Morgan fingerprint density at radius 1 is 0.878 bits per heavy atom. The lowest BCUT2D eigenvalue weighted by molar-refractivity contribution is -0.0312. The number of hydrogen-bond donors (Lipinski definition) is 0. The van der Waals surface area contributed by atoms with Gasteiger partial charge in [0, 0.05) is 49.5 Å². The normalized spacial score (nSPS) is 14.4. The summed E-state index contributed by atoms with van der Waals surface area (Å²) < 4.78 is 24.3. The molecule has 0 radical (unpaired) electrons. The Hall–Kier alpha value is -3.61. The molecule has 0 unspecified atom stereocenters. The van der Waals surface area contributed by atoms with Crippen LogP contribution in [0, 0.1) is 6.92 Å². The first-order chi connectivity index (χ1) is 19.9. The van der Waals surface area contributed by atoms with Gasteiger partial charge in [0.2, 0.25) is 0 Å². The van der Waals surface area contributed by atoms with Gasteiger partial charge >= 0.3 is 0 Å². The van der Waals surface area contributed by atoms with Crippen molar-refractivity contribution in [1.82, 2.24) is 4.98 Å². The van der Waals surface area contributed by atoms with Crippen molar-refractivity contribution in [3.05, 3.63) is 95.7 Å². The van der Waals surface area contributed by atoms with Gasteiger partial charge in [-0.2, -0.15) is 0 Å². The van der Waals surface area contributed by atoms with E-state index in [1.165, 1.54) is 5.69 Å². The molecule has 216 valence electrons. The Balaban J connectivity index is 1.21. The molecule has 6 heteroatoms. The summed E-state index contributed by atoms with van der Waals surface area (Å²) >= 11 is 0. The smallest absolute Gasteiger partial charge is 0.134 e. The van der Waals surface area contributed by atoms with Crippen LogP contribution in [0.4, 0.5) is 5.69 Å². The Labute approximate surface area is 244 Å². The number of aromatic nitrogens is 1. The predicted molar refractivity (Wildman–Crippen MR) is 165 cm³/mol. The van der Waals surface area contributed by atoms with Crippen LogP contribution in [-0.4, -0.2) is 43.5 Å². The van der Waals surface area contributed by atoms with E-state index in [9.17, 15) is 0 Å². The molecular formula is C35H42N2O4. The van der Waals surface area contributed by atoms with E-state index in [-0.39, 0.29) is 5.60 Å². The molecule has 4 aromatic rings. The number of nitrogens with zero attached hydrogens (tertiary/aromatic N) is 2. The average Bonchev–Trinajstić information content (AvgIpc) is 3.00. The number of para-hydroxylation sites is 1. The number of ether oxygens (including phenoxy) is 4. The number of hydrogen-bond acceptors (Lipinski definition) is 6. The fourth-order valence-electron chi connectivity index (χ4n) is 5.16. The van der Waals surface area contributed by atoms with Gasteiger partial charge in [-0.15, -0.1) is 0 Å². The van der Waals surface area contributed by atoms with Crippen molar-refractivity contribution in [2.75, 3.05) is 31.7 Å². The summed E-state index contributed by atoms with van der Waals surface area (Å²) in [5.41, 5.74) is 4.96. The second kappa shape index (κ2) is 13.4. The number of anilines is 1. The number of pyridine rings is 1. The van der Waals surface area contributed by atoms with Crippen LogP contribution in [0.25, 0.3) is 10.9 Å². The summed E-state index contributed by atoms with van der Waals surface area (Å²) in [5.74, 6) is 1.70. The molecule has 0 N–H and O–H groups in total. The second-order valence-electron chi connectivity index (χ2n) is 11.4. The molecule has 0 atom stereocenters. The van der Waals surface area contributed by atoms with E-state index in [1.807, 2.05) is 42.5 Å². The topological polar surface area (TPSA) is 53.1 Å². The van der Waals surface area contributed by atoms with Crippen LogP contribution >= 0.6 is 0 Å². The van der Waals surface area contributed by atoms with E-state index in [4.69, 9.17) is 23.9 Å². The van der Waals surface area contributed by atoms with Gasteiger partial charge in [0.05, 0.1) is 22.9 Å². The van der Waals surface area contributed by atoms with Crippen molar-refractivity contribution in [2.45, 2.75) is 65.0 Å². The molecule has 5 rings (SSSR count). The summed E-state index contributed by atoms with van der Waals surface area (Å²) in [6, 6.07) is 26.7. The summed E-state index contributed by atoms with van der Waals surface area (Å²) in [5, 5.41) is 1.02. The third kappa shape index (κ3) is 7.57. The van der Waals surface area contributed by atoms with Crippen molar-refractivity contribution in [1.29, 1.82) is 0 Å². The van der Waals surface area contributed by atoms with Crippen molar-refractivity contribution in [3.63, 3.8) is 0 Å². The molecule has 1 aliphatic heterocycles. The monoisotopic (exact) mass is 554 g/mol. The molecule has 6 nitrogen and oxygen atoms in total. The maximum atomic E-state index is 6.36. The van der Waals surface area contributed by atoms with Crippen LogP contribution in [0.3, 0.4) is 0 Å². The molecule has 0 spiro atoms. The molecule has 0 bridgehead atoms. The zero-order chi connectivity index (χ0) is 28.7. The summed E-state index contributed by atoms with van der Waals surface area (Å²) in [7, 11) is 1.76. The molecule has 1 aromatic heterocycles. The summed E-state index contributed by atoms with van der Waals surface area (Å²) in [6.07, 6.45) is 3.24. The maximum Gasteiger partial charge on any atom is 0.134 e. The maximum absolute atomic E-state index is 6.36. The van der Waals surface area contributed by atoms with Gasteiger partial charge in [0.1, 0.15) is 24.7 Å². The molecule has 41 heavy (non-hydrogen) atoms. The van der Waals surface area contributed by atoms with Gasteiger partial charge in [-0.3, -0.25) is 0 Å². The Kier molecular flexibility index (Phi) is 9.42. The Morgan fingerprint density at radius 2 is 1.63 bits per heavy atom. The molecule has 2 heterocycles. The highest BCUT2D eigenvalue weighted by molar-refractivity contribution is 5.86. The molecule has 1 saturated heterocycles. The van der Waals surface area contributed by atoms with Gasteiger partial charge in [0.25, 0.3) is 0 Å². The van der Waals surface area contributed by atoms with E-state index in [2.05, 4.69) is 62.1 Å².